The zero-order valence-corrected chi connectivity index (χ0v) is 12.4. The van der Waals surface area contributed by atoms with Crippen molar-refractivity contribution in [1.29, 1.82) is 0 Å². The lowest BCUT2D eigenvalue weighted by Crippen LogP contribution is -2.49. The first kappa shape index (κ1) is 14.5. The Morgan fingerprint density at radius 3 is 1.55 bits per heavy atom. The highest BCUT2D eigenvalue weighted by molar-refractivity contribution is 5.74. The van der Waals surface area contributed by atoms with Crippen molar-refractivity contribution in [3.63, 3.8) is 0 Å². The van der Waals surface area contributed by atoms with Gasteiger partial charge in [-0.1, -0.05) is 0 Å². The minimum Gasteiger partial charge on any atom is -0.550 e. The second kappa shape index (κ2) is 4.68. The minimum absolute atomic E-state index is 0.0213. The third-order valence-corrected chi connectivity index (χ3v) is 6.32. The molecule has 0 aromatic heterocycles. The Hall–Kier alpha value is -1.14. The zero-order chi connectivity index (χ0) is 15.5. The number of rotatable bonds is 5. The lowest BCUT2D eigenvalue weighted by molar-refractivity contribution is -0.326. The molecule has 2 aliphatic carbocycles. The van der Waals surface area contributed by atoms with Crippen LogP contribution in [0, 0.1) is 10.8 Å². The standard InChI is InChI=1S/C16H22O6/c17-13(18)15(3-1-9-11(7-15)21-9)5-6-16(14(19)20)4-2-10-12(8-16)22-10/h9-12H,1-8H2,(H,17,18)(H,19,20)/p-2. The minimum atomic E-state index is -1.06. The van der Waals surface area contributed by atoms with Crippen molar-refractivity contribution >= 4 is 11.9 Å². The summed E-state index contributed by atoms with van der Waals surface area (Å²) < 4.78 is 10.9. The number of carboxylic acid groups (broad SMARTS) is 2. The summed E-state index contributed by atoms with van der Waals surface area (Å²) in [6.45, 7) is 0. The Balaban J connectivity index is 1.48. The molecule has 0 N–H and O–H groups in total. The maximum atomic E-state index is 11.7. The number of carboxylic acids is 2. The van der Waals surface area contributed by atoms with Crippen molar-refractivity contribution in [1.82, 2.24) is 0 Å². The molecule has 2 aliphatic heterocycles. The average molecular weight is 308 g/mol. The van der Waals surface area contributed by atoms with Gasteiger partial charge in [0.1, 0.15) is 0 Å². The van der Waals surface area contributed by atoms with Gasteiger partial charge >= 0.3 is 0 Å². The van der Waals surface area contributed by atoms with Crippen LogP contribution in [0.4, 0.5) is 0 Å². The Morgan fingerprint density at radius 1 is 0.818 bits per heavy atom. The second-order valence-corrected chi connectivity index (χ2v) is 7.55. The first-order chi connectivity index (χ1) is 10.4. The zero-order valence-electron chi connectivity index (χ0n) is 12.4. The Morgan fingerprint density at radius 2 is 1.23 bits per heavy atom. The molecule has 122 valence electrons. The molecule has 6 nitrogen and oxygen atoms in total. The van der Waals surface area contributed by atoms with Crippen molar-refractivity contribution in [2.45, 2.75) is 75.8 Å². The summed E-state index contributed by atoms with van der Waals surface area (Å²) in [7, 11) is 0. The van der Waals surface area contributed by atoms with Gasteiger partial charge < -0.3 is 29.3 Å². The third kappa shape index (κ3) is 2.24. The molecule has 2 saturated heterocycles. The normalized spacial score (nSPS) is 48.9. The summed E-state index contributed by atoms with van der Waals surface area (Å²) in [5.41, 5.74) is -1.89. The van der Waals surface area contributed by atoms with Gasteiger partial charge in [-0.05, 0) is 51.4 Å². The molecule has 6 atom stereocenters. The maximum absolute atomic E-state index is 11.7. The van der Waals surface area contributed by atoms with Crippen LogP contribution in [0.1, 0.15) is 51.4 Å². The number of carbonyl (C=O) groups is 2. The molecule has 0 aromatic rings. The van der Waals surface area contributed by atoms with E-state index in [0.29, 0.717) is 38.5 Å². The highest BCUT2D eigenvalue weighted by Crippen LogP contribution is 2.53. The van der Waals surface area contributed by atoms with Crippen molar-refractivity contribution in [2.75, 3.05) is 0 Å². The van der Waals surface area contributed by atoms with Crippen molar-refractivity contribution in [3.8, 4) is 0 Å². The van der Waals surface area contributed by atoms with Gasteiger partial charge in [-0.2, -0.15) is 0 Å². The number of carbonyl (C=O) groups excluding carboxylic acids is 2. The van der Waals surface area contributed by atoms with Gasteiger partial charge in [0.15, 0.2) is 0 Å². The number of fused-ring (bicyclic) bond motifs is 2. The molecule has 6 unspecified atom stereocenters. The van der Waals surface area contributed by atoms with Crippen molar-refractivity contribution < 1.29 is 29.3 Å². The van der Waals surface area contributed by atoms with Gasteiger partial charge in [0.25, 0.3) is 0 Å². The van der Waals surface area contributed by atoms with Gasteiger partial charge in [0, 0.05) is 22.8 Å². The van der Waals surface area contributed by atoms with Crippen LogP contribution in [0.2, 0.25) is 0 Å². The second-order valence-electron chi connectivity index (χ2n) is 7.55. The first-order valence-corrected chi connectivity index (χ1v) is 8.18. The summed E-state index contributed by atoms with van der Waals surface area (Å²) in [6, 6.07) is 0. The first-order valence-electron chi connectivity index (χ1n) is 8.18. The molecular formula is C16H20O6-2. The monoisotopic (exact) mass is 308 g/mol. The van der Waals surface area contributed by atoms with E-state index in [1.54, 1.807) is 0 Å². The summed E-state index contributed by atoms with van der Waals surface area (Å²) >= 11 is 0. The van der Waals surface area contributed by atoms with E-state index in [1.165, 1.54) is 0 Å². The third-order valence-electron chi connectivity index (χ3n) is 6.32. The van der Waals surface area contributed by atoms with Gasteiger partial charge in [0.2, 0.25) is 0 Å². The smallest absolute Gasteiger partial charge is 0.0850 e. The van der Waals surface area contributed by atoms with E-state index >= 15 is 0 Å². The Labute approximate surface area is 128 Å². The molecule has 22 heavy (non-hydrogen) atoms. The molecule has 2 saturated carbocycles. The topological polar surface area (TPSA) is 105 Å². The van der Waals surface area contributed by atoms with Crippen LogP contribution in [0.25, 0.3) is 0 Å². The van der Waals surface area contributed by atoms with E-state index in [9.17, 15) is 19.8 Å². The summed E-state index contributed by atoms with van der Waals surface area (Å²) in [4.78, 5) is 23.4. The van der Waals surface area contributed by atoms with Crippen LogP contribution >= 0.6 is 0 Å². The average Bonchev–Trinajstić information content (AvgIpc) is 3.37. The Bertz CT molecular complexity index is 473. The molecule has 0 spiro atoms. The molecule has 0 aromatic carbocycles. The SMILES string of the molecule is O=C([O-])C1(CCC2(C(=O)[O-])CCC3OC3C2)CCC2OC2C1. The highest BCUT2D eigenvalue weighted by Gasteiger charge is 2.54. The van der Waals surface area contributed by atoms with Gasteiger partial charge in [-0.25, -0.2) is 0 Å². The lowest BCUT2D eigenvalue weighted by Gasteiger charge is -2.42. The molecule has 0 radical (unpaired) electrons. The lowest BCUT2D eigenvalue weighted by atomic mass is 9.64. The highest BCUT2D eigenvalue weighted by atomic mass is 16.6. The largest absolute Gasteiger partial charge is 0.550 e. The van der Waals surface area contributed by atoms with Gasteiger partial charge in [0.05, 0.1) is 24.4 Å². The van der Waals surface area contributed by atoms with Crippen LogP contribution in [0.5, 0.6) is 0 Å². The number of epoxide rings is 2. The molecule has 4 aliphatic rings. The number of ether oxygens (including phenoxy) is 2. The molecule has 0 amide bonds. The molecule has 6 heteroatoms. The van der Waals surface area contributed by atoms with E-state index in [2.05, 4.69) is 0 Å². The molecule has 4 fully saturated rings. The quantitative estimate of drug-likeness (QED) is 0.612. The summed E-state index contributed by atoms with van der Waals surface area (Å²) in [5.74, 6) is -2.13. The predicted octanol–water partition coefficient (Wildman–Crippen LogP) is -0.858. The number of hydrogen-bond acceptors (Lipinski definition) is 6. The van der Waals surface area contributed by atoms with E-state index in [-0.39, 0.29) is 24.4 Å². The van der Waals surface area contributed by atoms with Crippen LogP contribution in [-0.4, -0.2) is 36.4 Å². The van der Waals surface area contributed by atoms with E-state index in [0.717, 1.165) is 12.8 Å². The van der Waals surface area contributed by atoms with Gasteiger partial charge in [-0.3, -0.25) is 0 Å². The molecular weight excluding hydrogens is 288 g/mol. The maximum Gasteiger partial charge on any atom is 0.0850 e. The van der Waals surface area contributed by atoms with Gasteiger partial charge in [-0.15, -0.1) is 0 Å². The fraction of sp³-hybridized carbons (Fsp3) is 0.875. The fourth-order valence-corrected chi connectivity index (χ4v) is 4.54. The van der Waals surface area contributed by atoms with Crippen molar-refractivity contribution in [3.05, 3.63) is 0 Å². The number of aliphatic carboxylic acids is 2. The van der Waals surface area contributed by atoms with E-state index < -0.39 is 22.8 Å². The fourth-order valence-electron chi connectivity index (χ4n) is 4.54. The molecule has 0 bridgehead atoms. The summed E-state index contributed by atoms with van der Waals surface area (Å²) in [6.07, 6.45) is 4.49. The molecule has 4 rings (SSSR count). The van der Waals surface area contributed by atoms with E-state index in [4.69, 9.17) is 9.47 Å². The van der Waals surface area contributed by atoms with Crippen molar-refractivity contribution in [2.24, 2.45) is 10.8 Å². The van der Waals surface area contributed by atoms with Crippen LogP contribution in [0.15, 0.2) is 0 Å². The van der Waals surface area contributed by atoms with Crippen LogP contribution < -0.4 is 10.2 Å². The number of hydrogen-bond donors (Lipinski definition) is 0. The van der Waals surface area contributed by atoms with E-state index in [1.807, 2.05) is 0 Å². The molecule has 2 heterocycles. The van der Waals surface area contributed by atoms with Crippen LogP contribution in [0.3, 0.4) is 0 Å². The predicted molar refractivity (Wildman–Crippen MR) is 69.1 cm³/mol. The Kier molecular flexibility index (Phi) is 3.07. The summed E-state index contributed by atoms with van der Waals surface area (Å²) in [5, 5.41) is 23.4. The van der Waals surface area contributed by atoms with Crippen LogP contribution in [-0.2, 0) is 19.1 Å².